The quantitative estimate of drug-likeness (QED) is 0.568. The van der Waals surface area contributed by atoms with Gasteiger partial charge in [-0.05, 0) is 38.0 Å². The van der Waals surface area contributed by atoms with Crippen molar-refractivity contribution in [1.29, 1.82) is 0 Å². The van der Waals surface area contributed by atoms with E-state index in [-0.39, 0.29) is 18.4 Å². The number of fused-ring (bicyclic) bond motifs is 2. The molecule has 2 atom stereocenters. The predicted molar refractivity (Wildman–Crippen MR) is 91.5 cm³/mol. The second-order valence-corrected chi connectivity index (χ2v) is 8.65. The Labute approximate surface area is 141 Å². The van der Waals surface area contributed by atoms with Gasteiger partial charge in [-0.15, -0.1) is 12.4 Å². The number of hydrogen-bond acceptors (Lipinski definition) is 3. The minimum absolute atomic E-state index is 0. The van der Waals surface area contributed by atoms with Crippen molar-refractivity contribution >= 4 is 22.6 Å². The zero-order valence-corrected chi connectivity index (χ0v) is 14.9. The molecule has 2 bridgehead atoms. The third-order valence-electron chi connectivity index (χ3n) is 5.37. The number of halogens is 1. The molecule has 5 nitrogen and oxygen atoms in total. The lowest BCUT2D eigenvalue weighted by Gasteiger charge is -2.26. The molecule has 1 heterocycles. The first-order chi connectivity index (χ1) is 10.1. The van der Waals surface area contributed by atoms with Gasteiger partial charge in [0, 0.05) is 31.7 Å². The van der Waals surface area contributed by atoms with Crippen LogP contribution in [-0.2, 0) is 10.2 Å². The molecule has 0 radical (unpaired) electrons. The second-order valence-electron chi connectivity index (χ2n) is 6.94. The third kappa shape index (κ3) is 4.57. The van der Waals surface area contributed by atoms with Crippen molar-refractivity contribution in [2.45, 2.75) is 69.9 Å². The number of nitrogens with one attached hydrogen (secondary N) is 2. The molecule has 130 valence electrons. The van der Waals surface area contributed by atoms with Crippen molar-refractivity contribution in [3.63, 3.8) is 0 Å². The Bertz CT molecular complexity index is 438. The molecule has 0 amide bonds. The highest BCUT2D eigenvalue weighted by Gasteiger charge is 2.43. The number of hydrogen-bond donors (Lipinski definition) is 2. The van der Waals surface area contributed by atoms with Crippen LogP contribution in [0.1, 0.15) is 57.8 Å². The maximum Gasteiger partial charge on any atom is 0.279 e. The van der Waals surface area contributed by atoms with Gasteiger partial charge in [-0.3, -0.25) is 0 Å². The zero-order chi connectivity index (χ0) is 14.7. The van der Waals surface area contributed by atoms with Crippen molar-refractivity contribution in [2.75, 3.05) is 19.6 Å². The lowest BCUT2D eigenvalue weighted by molar-refractivity contribution is 0.328. The lowest BCUT2D eigenvalue weighted by Crippen LogP contribution is -2.47. The van der Waals surface area contributed by atoms with Crippen LogP contribution in [0.2, 0.25) is 0 Å². The van der Waals surface area contributed by atoms with Gasteiger partial charge in [-0.1, -0.05) is 25.7 Å². The summed E-state index contributed by atoms with van der Waals surface area (Å²) < 4.78 is 29.1. The molecule has 0 aromatic carbocycles. The highest BCUT2D eigenvalue weighted by Crippen LogP contribution is 2.38. The smallest absolute Gasteiger partial charge is 0.279 e. The van der Waals surface area contributed by atoms with E-state index >= 15 is 0 Å². The normalized spacial score (nSPS) is 30.2. The average molecular weight is 352 g/mol. The Kier molecular flexibility index (Phi) is 6.95. The van der Waals surface area contributed by atoms with E-state index in [9.17, 15) is 8.42 Å². The van der Waals surface area contributed by atoms with E-state index < -0.39 is 10.2 Å². The first-order valence-corrected chi connectivity index (χ1v) is 10.1. The lowest BCUT2D eigenvalue weighted by atomic mass is 10.1. The summed E-state index contributed by atoms with van der Waals surface area (Å²) in [5.41, 5.74) is 0. The SMILES string of the molecule is Cl.O=S(=O)(NCCNC1CCCCCC1)N1CC2CCC1C2. The Morgan fingerprint density at radius 1 is 0.955 bits per heavy atom. The Morgan fingerprint density at radius 3 is 2.27 bits per heavy atom. The fourth-order valence-electron chi connectivity index (χ4n) is 4.20. The van der Waals surface area contributed by atoms with Crippen LogP contribution in [0.25, 0.3) is 0 Å². The molecule has 2 N–H and O–H groups in total. The Morgan fingerprint density at radius 2 is 1.68 bits per heavy atom. The molecule has 1 saturated heterocycles. The second kappa shape index (κ2) is 8.29. The Balaban J connectivity index is 0.00000176. The van der Waals surface area contributed by atoms with Crippen LogP contribution in [0.3, 0.4) is 0 Å². The van der Waals surface area contributed by atoms with E-state index in [0.717, 1.165) is 25.9 Å². The van der Waals surface area contributed by atoms with Crippen molar-refractivity contribution in [2.24, 2.45) is 5.92 Å². The summed E-state index contributed by atoms with van der Waals surface area (Å²) >= 11 is 0. The van der Waals surface area contributed by atoms with E-state index in [2.05, 4.69) is 10.0 Å². The maximum absolute atomic E-state index is 12.3. The van der Waals surface area contributed by atoms with Crippen LogP contribution in [0.4, 0.5) is 0 Å². The number of piperidine rings is 1. The fraction of sp³-hybridized carbons (Fsp3) is 1.00. The fourth-order valence-corrected chi connectivity index (χ4v) is 5.71. The summed E-state index contributed by atoms with van der Waals surface area (Å²) in [6.45, 7) is 1.98. The molecular formula is C15H30ClN3O2S. The highest BCUT2D eigenvalue weighted by atomic mass is 35.5. The van der Waals surface area contributed by atoms with Crippen molar-refractivity contribution in [3.8, 4) is 0 Å². The first-order valence-electron chi connectivity index (χ1n) is 8.65. The number of rotatable bonds is 6. The van der Waals surface area contributed by atoms with E-state index in [1.807, 2.05) is 0 Å². The van der Waals surface area contributed by atoms with Gasteiger partial charge in [-0.2, -0.15) is 12.7 Å². The van der Waals surface area contributed by atoms with Crippen molar-refractivity contribution in [1.82, 2.24) is 14.3 Å². The molecule has 2 saturated carbocycles. The van der Waals surface area contributed by atoms with Crippen LogP contribution >= 0.6 is 12.4 Å². The molecule has 0 spiro atoms. The van der Waals surface area contributed by atoms with Gasteiger partial charge < -0.3 is 5.32 Å². The van der Waals surface area contributed by atoms with E-state index in [1.54, 1.807) is 4.31 Å². The Hall–Kier alpha value is 0.120. The minimum atomic E-state index is -3.26. The number of nitrogens with zero attached hydrogens (tertiary/aromatic N) is 1. The summed E-state index contributed by atoms with van der Waals surface area (Å²) in [4.78, 5) is 0. The molecule has 0 aromatic rings. The molecular weight excluding hydrogens is 322 g/mol. The van der Waals surface area contributed by atoms with Crippen LogP contribution in [0, 0.1) is 5.92 Å². The summed E-state index contributed by atoms with van der Waals surface area (Å²) in [7, 11) is -3.26. The average Bonchev–Trinajstić information content (AvgIpc) is 3.00. The van der Waals surface area contributed by atoms with Gasteiger partial charge >= 0.3 is 0 Å². The van der Waals surface area contributed by atoms with E-state index in [4.69, 9.17) is 0 Å². The standard InChI is InChI=1S/C15H29N3O2S.ClH/c19-21(20,18-12-13-7-8-15(18)11-13)17-10-9-16-14-5-3-1-2-4-6-14;/h13-17H,1-12H2;1H. The zero-order valence-electron chi connectivity index (χ0n) is 13.3. The van der Waals surface area contributed by atoms with Crippen LogP contribution in [-0.4, -0.2) is 44.4 Å². The van der Waals surface area contributed by atoms with Crippen LogP contribution in [0.15, 0.2) is 0 Å². The van der Waals surface area contributed by atoms with E-state index in [1.165, 1.54) is 44.9 Å². The molecule has 7 heteroatoms. The van der Waals surface area contributed by atoms with Gasteiger partial charge in [0.25, 0.3) is 10.2 Å². The molecule has 3 rings (SSSR count). The van der Waals surface area contributed by atoms with Crippen LogP contribution < -0.4 is 10.0 Å². The summed E-state index contributed by atoms with van der Waals surface area (Å²) in [6, 6.07) is 0.849. The van der Waals surface area contributed by atoms with Crippen molar-refractivity contribution in [3.05, 3.63) is 0 Å². The third-order valence-corrected chi connectivity index (χ3v) is 7.00. The highest BCUT2D eigenvalue weighted by molar-refractivity contribution is 7.87. The van der Waals surface area contributed by atoms with E-state index in [0.29, 0.717) is 18.5 Å². The summed E-state index contributed by atoms with van der Waals surface area (Å²) in [6.07, 6.45) is 11.1. The van der Waals surface area contributed by atoms with Gasteiger partial charge in [0.2, 0.25) is 0 Å². The minimum Gasteiger partial charge on any atom is -0.313 e. The van der Waals surface area contributed by atoms with Gasteiger partial charge in [0.05, 0.1) is 0 Å². The first kappa shape index (κ1) is 18.5. The van der Waals surface area contributed by atoms with Gasteiger partial charge in [0.15, 0.2) is 0 Å². The largest absolute Gasteiger partial charge is 0.313 e. The molecule has 1 aliphatic heterocycles. The molecule has 3 fully saturated rings. The summed E-state index contributed by atoms with van der Waals surface area (Å²) in [5.74, 6) is 0.607. The maximum atomic E-state index is 12.3. The monoisotopic (exact) mass is 351 g/mol. The molecule has 22 heavy (non-hydrogen) atoms. The molecule has 3 aliphatic rings. The topological polar surface area (TPSA) is 61.4 Å². The van der Waals surface area contributed by atoms with Gasteiger partial charge in [-0.25, -0.2) is 4.72 Å². The van der Waals surface area contributed by atoms with Gasteiger partial charge in [0.1, 0.15) is 0 Å². The predicted octanol–water partition coefficient (Wildman–Crippen LogP) is 2.04. The van der Waals surface area contributed by atoms with Crippen LogP contribution in [0.5, 0.6) is 0 Å². The molecule has 2 unspecified atom stereocenters. The summed E-state index contributed by atoms with van der Waals surface area (Å²) in [5, 5.41) is 3.51. The molecule has 2 aliphatic carbocycles. The van der Waals surface area contributed by atoms with Crippen molar-refractivity contribution < 1.29 is 8.42 Å². The molecule has 0 aromatic heterocycles.